The van der Waals surface area contributed by atoms with E-state index in [1.54, 1.807) is 21.9 Å². The van der Waals surface area contributed by atoms with Crippen molar-refractivity contribution in [1.82, 2.24) is 9.80 Å². The van der Waals surface area contributed by atoms with Gasteiger partial charge in [0.05, 0.1) is 13.5 Å². The SMILES string of the molecule is COc1ccc(F)cc1CC(=O)N1CCCN(C(=O)c2ccccc2)CC1. The lowest BCUT2D eigenvalue weighted by molar-refractivity contribution is -0.130. The van der Waals surface area contributed by atoms with Crippen molar-refractivity contribution < 1.29 is 18.7 Å². The van der Waals surface area contributed by atoms with Crippen LogP contribution in [0.4, 0.5) is 4.39 Å². The van der Waals surface area contributed by atoms with Gasteiger partial charge in [-0.25, -0.2) is 4.39 Å². The second-order valence-corrected chi connectivity index (χ2v) is 6.53. The zero-order valence-electron chi connectivity index (χ0n) is 15.4. The van der Waals surface area contributed by atoms with Crippen molar-refractivity contribution in [2.75, 3.05) is 33.3 Å². The van der Waals surface area contributed by atoms with Crippen molar-refractivity contribution in [3.8, 4) is 5.75 Å². The minimum Gasteiger partial charge on any atom is -0.496 e. The van der Waals surface area contributed by atoms with Crippen LogP contribution in [0.25, 0.3) is 0 Å². The molecule has 1 heterocycles. The summed E-state index contributed by atoms with van der Waals surface area (Å²) in [6.07, 6.45) is 0.790. The molecular formula is C21H23FN2O3. The maximum absolute atomic E-state index is 13.5. The van der Waals surface area contributed by atoms with Crippen molar-refractivity contribution >= 4 is 11.8 Å². The van der Waals surface area contributed by atoms with Crippen LogP contribution in [0.15, 0.2) is 48.5 Å². The van der Waals surface area contributed by atoms with Gasteiger partial charge in [0.25, 0.3) is 5.91 Å². The maximum atomic E-state index is 13.5. The van der Waals surface area contributed by atoms with Gasteiger partial charge in [0.2, 0.25) is 5.91 Å². The van der Waals surface area contributed by atoms with Gasteiger partial charge in [0.1, 0.15) is 11.6 Å². The number of nitrogens with zero attached hydrogens (tertiary/aromatic N) is 2. The maximum Gasteiger partial charge on any atom is 0.253 e. The molecule has 0 saturated carbocycles. The Morgan fingerprint density at radius 1 is 1.00 bits per heavy atom. The van der Waals surface area contributed by atoms with Gasteiger partial charge in [-0.05, 0) is 36.8 Å². The van der Waals surface area contributed by atoms with Gasteiger partial charge < -0.3 is 14.5 Å². The first-order valence-electron chi connectivity index (χ1n) is 9.03. The number of amides is 2. The van der Waals surface area contributed by atoms with Crippen molar-refractivity contribution in [2.24, 2.45) is 0 Å². The zero-order chi connectivity index (χ0) is 19.2. The fourth-order valence-electron chi connectivity index (χ4n) is 3.29. The van der Waals surface area contributed by atoms with E-state index >= 15 is 0 Å². The van der Waals surface area contributed by atoms with Crippen molar-refractivity contribution in [3.05, 3.63) is 65.5 Å². The highest BCUT2D eigenvalue weighted by Crippen LogP contribution is 2.21. The Morgan fingerprint density at radius 2 is 1.70 bits per heavy atom. The van der Waals surface area contributed by atoms with E-state index in [2.05, 4.69) is 0 Å². The van der Waals surface area contributed by atoms with Gasteiger partial charge in [-0.1, -0.05) is 18.2 Å². The predicted molar refractivity (Wildman–Crippen MR) is 100 cm³/mol. The predicted octanol–water partition coefficient (Wildman–Crippen LogP) is 2.75. The first kappa shape index (κ1) is 18.9. The van der Waals surface area contributed by atoms with Gasteiger partial charge in [-0.3, -0.25) is 9.59 Å². The van der Waals surface area contributed by atoms with Gasteiger partial charge >= 0.3 is 0 Å². The first-order valence-corrected chi connectivity index (χ1v) is 9.03. The summed E-state index contributed by atoms with van der Waals surface area (Å²) in [5.74, 6) is -0.000776. The molecule has 0 aromatic heterocycles. The molecule has 2 amide bonds. The van der Waals surface area contributed by atoms with E-state index in [4.69, 9.17) is 4.74 Å². The molecule has 0 radical (unpaired) electrons. The number of carbonyl (C=O) groups is 2. The average Bonchev–Trinajstić information content (AvgIpc) is 2.94. The summed E-state index contributed by atoms with van der Waals surface area (Å²) in [5, 5.41) is 0. The Labute approximate surface area is 158 Å². The lowest BCUT2D eigenvalue weighted by Gasteiger charge is -2.22. The van der Waals surface area contributed by atoms with Crippen LogP contribution in [0.1, 0.15) is 22.3 Å². The monoisotopic (exact) mass is 370 g/mol. The van der Waals surface area contributed by atoms with Crippen LogP contribution >= 0.6 is 0 Å². The largest absolute Gasteiger partial charge is 0.496 e. The highest BCUT2D eigenvalue weighted by Gasteiger charge is 2.23. The molecule has 0 aliphatic carbocycles. The molecule has 5 nitrogen and oxygen atoms in total. The number of halogens is 1. The third-order valence-corrected chi connectivity index (χ3v) is 4.74. The second-order valence-electron chi connectivity index (χ2n) is 6.53. The van der Waals surface area contributed by atoms with E-state index in [9.17, 15) is 14.0 Å². The summed E-state index contributed by atoms with van der Waals surface area (Å²) in [7, 11) is 1.50. The third kappa shape index (κ3) is 4.64. The summed E-state index contributed by atoms with van der Waals surface area (Å²) in [6, 6.07) is 13.3. The molecule has 2 aromatic rings. The standard InChI is InChI=1S/C21H23FN2O3/c1-27-19-9-8-18(22)14-17(19)15-20(25)23-10-5-11-24(13-12-23)21(26)16-6-3-2-4-7-16/h2-4,6-9,14H,5,10-13,15H2,1H3. The zero-order valence-corrected chi connectivity index (χ0v) is 15.4. The number of rotatable bonds is 4. The molecule has 0 bridgehead atoms. The van der Waals surface area contributed by atoms with Crippen LogP contribution in [0.2, 0.25) is 0 Å². The minimum absolute atomic E-state index is 0.0169. The van der Waals surface area contributed by atoms with Crippen molar-refractivity contribution in [2.45, 2.75) is 12.8 Å². The van der Waals surface area contributed by atoms with Gasteiger partial charge in [0, 0.05) is 37.3 Å². The molecule has 1 saturated heterocycles. The van der Waals surface area contributed by atoms with Crippen LogP contribution in [0, 0.1) is 5.82 Å². The normalized spacial score (nSPS) is 14.6. The topological polar surface area (TPSA) is 49.9 Å². The van der Waals surface area contributed by atoms with Crippen LogP contribution in [-0.2, 0) is 11.2 Å². The second kappa shape index (κ2) is 8.66. The minimum atomic E-state index is -0.394. The summed E-state index contributed by atoms with van der Waals surface area (Å²) < 4.78 is 18.7. The number of ether oxygens (including phenoxy) is 1. The smallest absolute Gasteiger partial charge is 0.253 e. The fraction of sp³-hybridized carbons (Fsp3) is 0.333. The first-order chi connectivity index (χ1) is 13.1. The van der Waals surface area contributed by atoms with Crippen LogP contribution < -0.4 is 4.74 Å². The number of methoxy groups -OCH3 is 1. The van der Waals surface area contributed by atoms with E-state index in [0.717, 1.165) is 0 Å². The van der Waals surface area contributed by atoms with E-state index in [-0.39, 0.29) is 18.2 Å². The van der Waals surface area contributed by atoms with E-state index in [0.29, 0.717) is 49.5 Å². The molecule has 1 fully saturated rings. The molecule has 142 valence electrons. The van der Waals surface area contributed by atoms with Gasteiger partial charge in [0.15, 0.2) is 0 Å². The molecule has 6 heteroatoms. The van der Waals surface area contributed by atoms with E-state index in [1.165, 1.54) is 25.3 Å². The molecule has 2 aromatic carbocycles. The molecule has 0 N–H and O–H groups in total. The summed E-state index contributed by atoms with van der Waals surface area (Å²) in [5.41, 5.74) is 1.19. The summed E-state index contributed by atoms with van der Waals surface area (Å²) >= 11 is 0. The quantitative estimate of drug-likeness (QED) is 0.832. The molecule has 27 heavy (non-hydrogen) atoms. The van der Waals surface area contributed by atoms with Crippen LogP contribution in [0.5, 0.6) is 5.75 Å². The molecular weight excluding hydrogens is 347 g/mol. The Balaban J connectivity index is 1.63. The highest BCUT2D eigenvalue weighted by atomic mass is 19.1. The Kier molecular flexibility index (Phi) is 6.06. The summed E-state index contributed by atoms with van der Waals surface area (Å²) in [4.78, 5) is 28.8. The van der Waals surface area contributed by atoms with Gasteiger partial charge in [-0.15, -0.1) is 0 Å². The Morgan fingerprint density at radius 3 is 2.44 bits per heavy atom. The molecule has 0 spiro atoms. The Hall–Kier alpha value is -2.89. The number of hydrogen-bond acceptors (Lipinski definition) is 3. The number of carbonyl (C=O) groups excluding carboxylic acids is 2. The highest BCUT2D eigenvalue weighted by molar-refractivity contribution is 5.94. The average molecular weight is 370 g/mol. The van der Waals surface area contributed by atoms with Crippen molar-refractivity contribution in [3.63, 3.8) is 0 Å². The molecule has 1 aliphatic heterocycles. The van der Waals surface area contributed by atoms with E-state index in [1.807, 2.05) is 18.2 Å². The molecule has 0 unspecified atom stereocenters. The lowest BCUT2D eigenvalue weighted by Crippen LogP contribution is -2.38. The molecule has 3 rings (SSSR count). The Bertz CT molecular complexity index is 810. The van der Waals surface area contributed by atoms with E-state index < -0.39 is 5.82 Å². The lowest BCUT2D eigenvalue weighted by atomic mass is 10.1. The van der Waals surface area contributed by atoms with Gasteiger partial charge in [-0.2, -0.15) is 0 Å². The number of hydrogen-bond donors (Lipinski definition) is 0. The third-order valence-electron chi connectivity index (χ3n) is 4.74. The van der Waals surface area contributed by atoms with Crippen molar-refractivity contribution in [1.29, 1.82) is 0 Å². The molecule has 1 aliphatic rings. The molecule has 0 atom stereocenters. The summed E-state index contributed by atoms with van der Waals surface area (Å²) in [6.45, 7) is 2.14. The van der Waals surface area contributed by atoms with Crippen LogP contribution in [0.3, 0.4) is 0 Å². The van der Waals surface area contributed by atoms with Crippen LogP contribution in [-0.4, -0.2) is 54.9 Å². The number of benzene rings is 2. The fourth-order valence-corrected chi connectivity index (χ4v) is 3.29.